The first-order valence-corrected chi connectivity index (χ1v) is 9.70. The van der Waals surface area contributed by atoms with Crippen LogP contribution in [0.1, 0.15) is 27.7 Å². The van der Waals surface area contributed by atoms with Crippen LogP contribution in [-0.4, -0.2) is 26.7 Å². The summed E-state index contributed by atoms with van der Waals surface area (Å²) in [6, 6.07) is 13.7. The molecule has 0 N–H and O–H groups in total. The van der Waals surface area contributed by atoms with Crippen LogP contribution >= 0.6 is 0 Å². The molecule has 1 aliphatic heterocycles. The minimum Gasteiger partial charge on any atom is -0.491 e. The van der Waals surface area contributed by atoms with Gasteiger partial charge in [0.15, 0.2) is 0 Å². The predicted octanol–water partition coefficient (Wildman–Crippen LogP) is 3.84. The van der Waals surface area contributed by atoms with Crippen molar-refractivity contribution in [1.29, 1.82) is 0 Å². The molecule has 5 nitrogen and oxygen atoms in total. The molecule has 2 aromatic rings. The van der Waals surface area contributed by atoms with Crippen molar-refractivity contribution in [2.24, 2.45) is 0 Å². The van der Waals surface area contributed by atoms with E-state index in [9.17, 15) is 8.42 Å². The second kappa shape index (κ2) is 6.26. The molecule has 0 amide bonds. The molecule has 0 aromatic heterocycles. The smallest absolute Gasteiger partial charge is 0.264 e. The van der Waals surface area contributed by atoms with Gasteiger partial charge in [0, 0.05) is 0 Å². The van der Waals surface area contributed by atoms with E-state index < -0.39 is 15.6 Å². The highest BCUT2D eigenvalue weighted by Crippen LogP contribution is 2.39. The lowest BCUT2D eigenvalue weighted by Gasteiger charge is -2.39. The van der Waals surface area contributed by atoms with E-state index in [-0.39, 0.29) is 17.5 Å². The zero-order chi connectivity index (χ0) is 18.2. The maximum absolute atomic E-state index is 13.2. The van der Waals surface area contributed by atoms with Crippen LogP contribution in [0.4, 0.5) is 5.69 Å². The standard InChI is InChI=1S/C19H23NO4S/c1-14(2)23-15-9-11-16(12-10-15)25(21,22)20-13-19(3,4)24-18-8-6-5-7-17(18)20/h5-12,14H,13H2,1-4H3. The number of hydrogen-bond acceptors (Lipinski definition) is 4. The number of anilines is 1. The van der Waals surface area contributed by atoms with Crippen LogP contribution in [0.15, 0.2) is 53.4 Å². The second-order valence-corrected chi connectivity index (χ2v) is 8.84. The van der Waals surface area contributed by atoms with Crippen LogP contribution in [0.2, 0.25) is 0 Å². The summed E-state index contributed by atoms with van der Waals surface area (Å²) in [5.41, 5.74) is -0.0494. The second-order valence-electron chi connectivity index (χ2n) is 6.98. The average molecular weight is 361 g/mol. The molecule has 0 aliphatic carbocycles. The zero-order valence-electron chi connectivity index (χ0n) is 14.9. The van der Waals surface area contributed by atoms with Gasteiger partial charge in [-0.25, -0.2) is 8.42 Å². The first kappa shape index (κ1) is 17.6. The van der Waals surface area contributed by atoms with Crippen molar-refractivity contribution in [3.05, 3.63) is 48.5 Å². The average Bonchev–Trinajstić information content (AvgIpc) is 2.53. The summed E-state index contributed by atoms with van der Waals surface area (Å²) in [5, 5.41) is 0. The molecule has 0 saturated carbocycles. The first-order chi connectivity index (χ1) is 11.7. The van der Waals surface area contributed by atoms with Gasteiger partial charge in [-0.05, 0) is 64.1 Å². The highest BCUT2D eigenvalue weighted by molar-refractivity contribution is 7.92. The van der Waals surface area contributed by atoms with E-state index in [0.717, 1.165) is 0 Å². The Labute approximate surface area is 149 Å². The van der Waals surface area contributed by atoms with Crippen molar-refractivity contribution in [3.8, 4) is 11.5 Å². The highest BCUT2D eigenvalue weighted by atomic mass is 32.2. The van der Waals surface area contributed by atoms with Gasteiger partial charge in [0.2, 0.25) is 0 Å². The zero-order valence-corrected chi connectivity index (χ0v) is 15.7. The number of sulfonamides is 1. The maximum Gasteiger partial charge on any atom is 0.264 e. The number of hydrogen-bond donors (Lipinski definition) is 0. The van der Waals surface area contributed by atoms with Crippen LogP contribution in [-0.2, 0) is 10.0 Å². The Kier molecular flexibility index (Phi) is 4.41. The Bertz CT molecular complexity index is 857. The molecule has 134 valence electrons. The summed E-state index contributed by atoms with van der Waals surface area (Å²) in [7, 11) is -3.69. The van der Waals surface area contributed by atoms with Gasteiger partial charge in [0.1, 0.15) is 17.1 Å². The van der Waals surface area contributed by atoms with E-state index in [2.05, 4.69) is 0 Å². The molecule has 0 radical (unpaired) electrons. The third-order valence-corrected chi connectivity index (χ3v) is 5.60. The van der Waals surface area contributed by atoms with Crippen molar-refractivity contribution >= 4 is 15.7 Å². The number of benzene rings is 2. The Balaban J connectivity index is 1.99. The monoisotopic (exact) mass is 361 g/mol. The fraction of sp³-hybridized carbons (Fsp3) is 0.368. The molecule has 0 spiro atoms. The molecule has 0 atom stereocenters. The minimum atomic E-state index is -3.69. The lowest BCUT2D eigenvalue weighted by Crippen LogP contribution is -2.49. The number of fused-ring (bicyclic) bond motifs is 1. The summed E-state index contributed by atoms with van der Waals surface area (Å²) < 4.78 is 39.3. The fourth-order valence-corrected chi connectivity index (χ4v) is 4.44. The highest BCUT2D eigenvalue weighted by Gasteiger charge is 2.38. The molecular formula is C19H23NO4S. The van der Waals surface area contributed by atoms with Gasteiger partial charge >= 0.3 is 0 Å². The normalized spacial score (nSPS) is 16.3. The SMILES string of the molecule is CC(C)Oc1ccc(S(=O)(=O)N2CC(C)(C)Oc3ccccc32)cc1. The van der Waals surface area contributed by atoms with Gasteiger partial charge in [-0.3, -0.25) is 4.31 Å². The number of nitrogens with zero attached hydrogens (tertiary/aromatic N) is 1. The topological polar surface area (TPSA) is 55.8 Å². The van der Waals surface area contributed by atoms with Gasteiger partial charge in [-0.2, -0.15) is 0 Å². The minimum absolute atomic E-state index is 0.0365. The lowest BCUT2D eigenvalue weighted by molar-refractivity contribution is 0.110. The Morgan fingerprint density at radius 2 is 1.72 bits per heavy atom. The van der Waals surface area contributed by atoms with Gasteiger partial charge in [0.25, 0.3) is 10.0 Å². The summed E-state index contributed by atoms with van der Waals surface area (Å²) >= 11 is 0. The van der Waals surface area contributed by atoms with E-state index in [0.29, 0.717) is 17.2 Å². The molecule has 2 aromatic carbocycles. The van der Waals surface area contributed by atoms with Gasteiger partial charge < -0.3 is 9.47 Å². The summed E-state index contributed by atoms with van der Waals surface area (Å²) in [4.78, 5) is 0.233. The van der Waals surface area contributed by atoms with Crippen LogP contribution in [0.5, 0.6) is 11.5 Å². The number of para-hydroxylation sites is 2. The van der Waals surface area contributed by atoms with E-state index in [1.165, 1.54) is 4.31 Å². The van der Waals surface area contributed by atoms with Crippen LogP contribution in [0.25, 0.3) is 0 Å². The van der Waals surface area contributed by atoms with Crippen molar-refractivity contribution in [2.75, 3.05) is 10.8 Å². The molecule has 1 aliphatic rings. The van der Waals surface area contributed by atoms with Crippen LogP contribution < -0.4 is 13.8 Å². The maximum atomic E-state index is 13.2. The van der Waals surface area contributed by atoms with Crippen LogP contribution in [0.3, 0.4) is 0 Å². The first-order valence-electron chi connectivity index (χ1n) is 8.26. The Morgan fingerprint density at radius 3 is 2.36 bits per heavy atom. The van der Waals surface area contributed by atoms with Gasteiger partial charge in [0.05, 0.1) is 23.2 Å². The van der Waals surface area contributed by atoms with Crippen molar-refractivity contribution in [2.45, 2.75) is 44.3 Å². The molecular weight excluding hydrogens is 338 g/mol. The molecule has 1 heterocycles. The van der Waals surface area contributed by atoms with E-state index in [4.69, 9.17) is 9.47 Å². The van der Waals surface area contributed by atoms with Crippen molar-refractivity contribution < 1.29 is 17.9 Å². The largest absolute Gasteiger partial charge is 0.491 e. The number of ether oxygens (including phenoxy) is 2. The fourth-order valence-electron chi connectivity index (χ4n) is 2.81. The van der Waals surface area contributed by atoms with E-state index in [1.807, 2.05) is 39.8 Å². The van der Waals surface area contributed by atoms with Crippen molar-refractivity contribution in [1.82, 2.24) is 0 Å². The molecule has 0 bridgehead atoms. The van der Waals surface area contributed by atoms with E-state index >= 15 is 0 Å². The molecule has 0 unspecified atom stereocenters. The molecule has 3 rings (SSSR count). The number of rotatable bonds is 4. The summed E-state index contributed by atoms with van der Waals surface area (Å²) in [6.07, 6.45) is 0.0365. The molecule has 6 heteroatoms. The third kappa shape index (κ3) is 3.58. The van der Waals surface area contributed by atoms with E-state index in [1.54, 1.807) is 36.4 Å². The Hall–Kier alpha value is -2.21. The summed E-state index contributed by atoms with van der Waals surface area (Å²) in [6.45, 7) is 7.86. The Morgan fingerprint density at radius 1 is 1.08 bits per heavy atom. The molecule has 25 heavy (non-hydrogen) atoms. The summed E-state index contributed by atoms with van der Waals surface area (Å²) in [5.74, 6) is 1.22. The lowest BCUT2D eigenvalue weighted by atomic mass is 10.1. The van der Waals surface area contributed by atoms with Crippen LogP contribution in [0, 0.1) is 0 Å². The molecule has 0 fully saturated rings. The van der Waals surface area contributed by atoms with Gasteiger partial charge in [-0.15, -0.1) is 0 Å². The predicted molar refractivity (Wildman–Crippen MR) is 97.9 cm³/mol. The molecule has 0 saturated heterocycles. The third-order valence-electron chi connectivity index (χ3n) is 3.83. The van der Waals surface area contributed by atoms with Crippen molar-refractivity contribution in [3.63, 3.8) is 0 Å². The quantitative estimate of drug-likeness (QED) is 0.830. The van der Waals surface area contributed by atoms with Gasteiger partial charge in [-0.1, -0.05) is 12.1 Å².